The van der Waals surface area contributed by atoms with E-state index in [0.29, 0.717) is 0 Å². The standard InChI is InChI=1S/C13H18FN.C2HF3O2/c14-13-5-3-11(4-6-13)1-2-12-7-9-15-10-8-12;3-2(4,5)1(6)7/h3-6,12,15H,1-2,7-10H2;(H,6,7). The van der Waals surface area contributed by atoms with Gasteiger partial charge in [0.2, 0.25) is 0 Å². The van der Waals surface area contributed by atoms with Crippen molar-refractivity contribution in [3.8, 4) is 0 Å². The average molecular weight is 321 g/mol. The normalized spacial score (nSPS) is 15.8. The van der Waals surface area contributed by atoms with E-state index in [1.54, 1.807) is 12.1 Å². The summed E-state index contributed by atoms with van der Waals surface area (Å²) < 4.78 is 44.4. The van der Waals surface area contributed by atoms with E-state index in [9.17, 15) is 17.6 Å². The summed E-state index contributed by atoms with van der Waals surface area (Å²) in [6.07, 6.45) is -0.166. The molecule has 0 unspecified atom stereocenters. The molecule has 0 aliphatic carbocycles. The summed E-state index contributed by atoms with van der Waals surface area (Å²) >= 11 is 0. The number of carboxylic acid groups (broad SMARTS) is 1. The van der Waals surface area contributed by atoms with E-state index < -0.39 is 12.1 Å². The molecule has 124 valence electrons. The van der Waals surface area contributed by atoms with Gasteiger partial charge in [0.25, 0.3) is 0 Å². The number of carboxylic acids is 1. The zero-order valence-corrected chi connectivity index (χ0v) is 12.0. The Kier molecular flexibility index (Phi) is 7.31. The first-order valence-corrected chi connectivity index (χ1v) is 7.04. The maximum Gasteiger partial charge on any atom is 0.490 e. The molecule has 1 aliphatic heterocycles. The van der Waals surface area contributed by atoms with Gasteiger partial charge in [0.05, 0.1) is 0 Å². The second-order valence-electron chi connectivity index (χ2n) is 5.16. The lowest BCUT2D eigenvalue weighted by atomic mass is 9.91. The molecule has 0 atom stereocenters. The lowest BCUT2D eigenvalue weighted by molar-refractivity contribution is -0.192. The van der Waals surface area contributed by atoms with E-state index in [4.69, 9.17) is 9.90 Å². The molecule has 7 heteroatoms. The second-order valence-corrected chi connectivity index (χ2v) is 5.16. The molecule has 2 N–H and O–H groups in total. The lowest BCUT2D eigenvalue weighted by Gasteiger charge is -2.22. The highest BCUT2D eigenvalue weighted by molar-refractivity contribution is 5.73. The molecule has 1 aromatic carbocycles. The van der Waals surface area contributed by atoms with Crippen molar-refractivity contribution in [2.45, 2.75) is 31.9 Å². The Morgan fingerprint density at radius 1 is 1.18 bits per heavy atom. The van der Waals surface area contributed by atoms with Gasteiger partial charge in [-0.3, -0.25) is 0 Å². The summed E-state index contributed by atoms with van der Waals surface area (Å²) in [5.74, 6) is -2.04. The second kappa shape index (κ2) is 8.73. The summed E-state index contributed by atoms with van der Waals surface area (Å²) in [4.78, 5) is 8.90. The first-order valence-electron chi connectivity index (χ1n) is 7.04. The van der Waals surface area contributed by atoms with E-state index in [-0.39, 0.29) is 5.82 Å². The summed E-state index contributed by atoms with van der Waals surface area (Å²) in [5.41, 5.74) is 1.26. The van der Waals surface area contributed by atoms with Crippen molar-refractivity contribution in [2.75, 3.05) is 13.1 Å². The number of carbonyl (C=O) groups is 1. The smallest absolute Gasteiger partial charge is 0.475 e. The predicted octanol–water partition coefficient (Wildman–Crippen LogP) is 3.39. The number of nitrogens with one attached hydrogen (secondary N) is 1. The largest absolute Gasteiger partial charge is 0.490 e. The Morgan fingerprint density at radius 2 is 1.68 bits per heavy atom. The van der Waals surface area contributed by atoms with Gasteiger partial charge in [-0.05, 0) is 62.4 Å². The number of aliphatic carboxylic acids is 1. The number of aryl methyl sites for hydroxylation is 1. The molecule has 0 radical (unpaired) electrons. The molecule has 1 saturated heterocycles. The van der Waals surface area contributed by atoms with Crippen LogP contribution in [0.3, 0.4) is 0 Å². The number of hydrogen-bond acceptors (Lipinski definition) is 2. The molecule has 0 amide bonds. The summed E-state index contributed by atoms with van der Waals surface area (Å²) in [7, 11) is 0. The van der Waals surface area contributed by atoms with Crippen LogP contribution >= 0.6 is 0 Å². The van der Waals surface area contributed by atoms with Gasteiger partial charge >= 0.3 is 12.1 Å². The zero-order valence-electron chi connectivity index (χ0n) is 12.0. The van der Waals surface area contributed by atoms with Crippen molar-refractivity contribution in [3.63, 3.8) is 0 Å². The molecule has 0 bridgehead atoms. The fourth-order valence-electron chi connectivity index (χ4n) is 2.19. The van der Waals surface area contributed by atoms with Crippen LogP contribution in [0.25, 0.3) is 0 Å². The SMILES string of the molecule is Fc1ccc(CCC2CCNCC2)cc1.O=C(O)C(F)(F)F. The quantitative estimate of drug-likeness (QED) is 0.839. The number of hydrogen-bond donors (Lipinski definition) is 2. The minimum absolute atomic E-state index is 0.138. The minimum atomic E-state index is -5.08. The Bertz CT molecular complexity index is 454. The van der Waals surface area contributed by atoms with Crippen LogP contribution in [0.4, 0.5) is 17.6 Å². The Labute approximate surface area is 126 Å². The summed E-state index contributed by atoms with van der Waals surface area (Å²) in [6.45, 7) is 2.32. The lowest BCUT2D eigenvalue weighted by Crippen LogP contribution is -2.27. The molecule has 3 nitrogen and oxygen atoms in total. The predicted molar refractivity (Wildman–Crippen MR) is 74.0 cm³/mol. The van der Waals surface area contributed by atoms with Crippen LogP contribution in [0.2, 0.25) is 0 Å². The van der Waals surface area contributed by atoms with Gasteiger partial charge in [-0.1, -0.05) is 12.1 Å². The van der Waals surface area contributed by atoms with Crippen LogP contribution in [-0.4, -0.2) is 30.3 Å². The third-order valence-electron chi connectivity index (χ3n) is 3.46. The van der Waals surface area contributed by atoms with Crippen molar-refractivity contribution in [1.82, 2.24) is 5.32 Å². The van der Waals surface area contributed by atoms with Crippen molar-refractivity contribution in [1.29, 1.82) is 0 Å². The fourth-order valence-corrected chi connectivity index (χ4v) is 2.19. The van der Waals surface area contributed by atoms with Gasteiger partial charge in [-0.2, -0.15) is 13.2 Å². The maximum atomic E-state index is 12.7. The Hall–Kier alpha value is -1.63. The molecule has 0 spiro atoms. The van der Waals surface area contributed by atoms with Crippen LogP contribution in [0.15, 0.2) is 24.3 Å². The molecule has 2 rings (SSSR count). The van der Waals surface area contributed by atoms with Crippen molar-refractivity contribution in [2.24, 2.45) is 5.92 Å². The molecule has 22 heavy (non-hydrogen) atoms. The summed E-state index contributed by atoms with van der Waals surface area (Å²) in [6, 6.07) is 6.91. The highest BCUT2D eigenvalue weighted by atomic mass is 19.4. The molecule has 0 aromatic heterocycles. The molecule has 1 fully saturated rings. The number of rotatable bonds is 3. The number of piperidine rings is 1. The van der Waals surface area contributed by atoms with Crippen molar-refractivity contribution in [3.05, 3.63) is 35.6 Å². The van der Waals surface area contributed by atoms with Crippen LogP contribution in [0.5, 0.6) is 0 Å². The van der Waals surface area contributed by atoms with Gasteiger partial charge in [0.15, 0.2) is 0 Å². The number of alkyl halides is 3. The third kappa shape index (κ3) is 7.40. The van der Waals surface area contributed by atoms with Gasteiger partial charge in [-0.25, -0.2) is 9.18 Å². The number of benzene rings is 1. The van der Waals surface area contributed by atoms with Crippen LogP contribution < -0.4 is 5.32 Å². The summed E-state index contributed by atoms with van der Waals surface area (Å²) in [5, 5.41) is 10.5. The number of halogens is 4. The zero-order chi connectivity index (χ0) is 16.6. The van der Waals surface area contributed by atoms with Gasteiger partial charge in [-0.15, -0.1) is 0 Å². The van der Waals surface area contributed by atoms with Crippen LogP contribution in [-0.2, 0) is 11.2 Å². The maximum absolute atomic E-state index is 12.7. The average Bonchev–Trinajstić information content (AvgIpc) is 2.47. The van der Waals surface area contributed by atoms with E-state index >= 15 is 0 Å². The molecule has 0 saturated carbocycles. The third-order valence-corrected chi connectivity index (χ3v) is 3.46. The van der Waals surface area contributed by atoms with E-state index in [0.717, 1.165) is 25.4 Å². The highest BCUT2D eigenvalue weighted by Gasteiger charge is 2.38. The molecule has 1 heterocycles. The van der Waals surface area contributed by atoms with Gasteiger partial charge in [0, 0.05) is 0 Å². The molecular formula is C15H19F4NO2. The van der Waals surface area contributed by atoms with E-state index in [1.165, 1.54) is 24.8 Å². The highest BCUT2D eigenvalue weighted by Crippen LogP contribution is 2.18. The van der Waals surface area contributed by atoms with Crippen LogP contribution in [0, 0.1) is 11.7 Å². The monoisotopic (exact) mass is 321 g/mol. The molecule has 1 aliphatic rings. The first kappa shape index (κ1) is 18.4. The topological polar surface area (TPSA) is 49.3 Å². The van der Waals surface area contributed by atoms with E-state index in [1.807, 2.05) is 12.1 Å². The van der Waals surface area contributed by atoms with Crippen LogP contribution in [0.1, 0.15) is 24.8 Å². The van der Waals surface area contributed by atoms with Crippen molar-refractivity contribution < 1.29 is 27.5 Å². The fraction of sp³-hybridized carbons (Fsp3) is 0.533. The first-order chi connectivity index (χ1) is 10.3. The van der Waals surface area contributed by atoms with E-state index in [2.05, 4.69) is 5.32 Å². The Balaban J connectivity index is 0.000000295. The van der Waals surface area contributed by atoms with Gasteiger partial charge in [0.1, 0.15) is 5.82 Å². The molecular weight excluding hydrogens is 302 g/mol. The minimum Gasteiger partial charge on any atom is -0.475 e. The van der Waals surface area contributed by atoms with Crippen molar-refractivity contribution >= 4 is 5.97 Å². The van der Waals surface area contributed by atoms with Gasteiger partial charge < -0.3 is 10.4 Å². The molecule has 1 aromatic rings. The Morgan fingerprint density at radius 3 is 2.14 bits per heavy atom.